The number of aromatic nitrogens is 3. The molecule has 0 fully saturated rings. The molecule has 1 atom stereocenters. The lowest BCUT2D eigenvalue weighted by atomic mass is 9.99. The maximum Gasteiger partial charge on any atom is 0.435 e. The van der Waals surface area contributed by atoms with Gasteiger partial charge in [0.25, 0.3) is 0 Å². The molecule has 0 aliphatic heterocycles. The van der Waals surface area contributed by atoms with E-state index in [4.69, 9.17) is 11.6 Å². The van der Waals surface area contributed by atoms with Crippen molar-refractivity contribution in [2.24, 2.45) is 0 Å². The number of rotatable bonds is 6. The number of alkyl halides is 7. The summed E-state index contributed by atoms with van der Waals surface area (Å²) in [5, 5.41) is -0.0668. The van der Waals surface area contributed by atoms with E-state index in [9.17, 15) is 35.5 Å². The van der Waals surface area contributed by atoms with Crippen LogP contribution in [0.15, 0.2) is 48.9 Å². The van der Waals surface area contributed by atoms with Crippen molar-refractivity contribution in [1.29, 1.82) is 0 Å². The van der Waals surface area contributed by atoms with Gasteiger partial charge in [0.15, 0.2) is 11.5 Å². The second-order valence-corrected chi connectivity index (χ2v) is 7.25. The first kappa shape index (κ1) is 24.6. The van der Waals surface area contributed by atoms with Crippen molar-refractivity contribution >= 4 is 17.4 Å². The fraction of sp³-hybridized carbons (Fsp3) is 0.238. The van der Waals surface area contributed by atoms with Crippen LogP contribution < -0.4 is 0 Å². The SMILES string of the molecule is O=C(CCC(F)c1ccc(-c2ccc(C(F)(F)F)nc2)cc1Cl)c1nccnc1C(F)(F)F. The molecule has 1 unspecified atom stereocenters. The number of hydrogen-bond donors (Lipinski definition) is 0. The molecule has 174 valence electrons. The van der Waals surface area contributed by atoms with Crippen molar-refractivity contribution in [2.45, 2.75) is 31.4 Å². The summed E-state index contributed by atoms with van der Waals surface area (Å²) in [5.41, 5.74) is -2.75. The largest absolute Gasteiger partial charge is 0.435 e. The molecule has 2 aromatic heterocycles. The highest BCUT2D eigenvalue weighted by Gasteiger charge is 2.38. The van der Waals surface area contributed by atoms with Crippen molar-refractivity contribution in [3.63, 3.8) is 0 Å². The summed E-state index contributed by atoms with van der Waals surface area (Å²) in [4.78, 5) is 22.1. The second-order valence-electron chi connectivity index (χ2n) is 6.85. The molecule has 0 saturated carbocycles. The Morgan fingerprint density at radius 2 is 1.58 bits per heavy atom. The van der Waals surface area contributed by atoms with Crippen LogP contribution in [0.3, 0.4) is 0 Å². The zero-order valence-corrected chi connectivity index (χ0v) is 17.1. The van der Waals surface area contributed by atoms with Crippen LogP contribution in [0, 0.1) is 0 Å². The number of ketones is 1. The Balaban J connectivity index is 1.72. The molecule has 4 nitrogen and oxygen atoms in total. The minimum absolute atomic E-state index is 0.0247. The summed E-state index contributed by atoms with van der Waals surface area (Å²) in [7, 11) is 0. The average molecular weight is 492 g/mol. The van der Waals surface area contributed by atoms with Gasteiger partial charge in [-0.25, -0.2) is 14.4 Å². The number of carbonyl (C=O) groups excluding carboxylic acids is 1. The Morgan fingerprint density at radius 3 is 2.15 bits per heavy atom. The molecule has 3 aromatic rings. The van der Waals surface area contributed by atoms with Gasteiger partial charge in [-0.3, -0.25) is 9.78 Å². The van der Waals surface area contributed by atoms with E-state index in [2.05, 4.69) is 15.0 Å². The molecule has 1 aromatic carbocycles. The van der Waals surface area contributed by atoms with Crippen LogP contribution in [0.2, 0.25) is 5.02 Å². The molecule has 0 saturated heterocycles. The van der Waals surface area contributed by atoms with E-state index in [1.165, 1.54) is 24.3 Å². The van der Waals surface area contributed by atoms with Gasteiger partial charge in [0.1, 0.15) is 17.6 Å². The first-order valence-corrected chi connectivity index (χ1v) is 9.64. The molecular weight excluding hydrogens is 479 g/mol. The van der Waals surface area contributed by atoms with E-state index in [1.807, 2.05) is 0 Å². The van der Waals surface area contributed by atoms with Crippen molar-refractivity contribution in [1.82, 2.24) is 15.0 Å². The molecule has 33 heavy (non-hydrogen) atoms. The van der Waals surface area contributed by atoms with Crippen LogP contribution >= 0.6 is 11.6 Å². The molecule has 3 rings (SSSR count). The van der Waals surface area contributed by atoms with Crippen LogP contribution in [0.25, 0.3) is 11.1 Å². The molecule has 0 spiro atoms. The van der Waals surface area contributed by atoms with Gasteiger partial charge in [-0.05, 0) is 24.1 Å². The Hall–Kier alpha value is -3.08. The fourth-order valence-electron chi connectivity index (χ4n) is 2.97. The van der Waals surface area contributed by atoms with Gasteiger partial charge in [-0.2, -0.15) is 26.3 Å². The van der Waals surface area contributed by atoms with Crippen molar-refractivity contribution < 1.29 is 35.5 Å². The lowest BCUT2D eigenvalue weighted by Gasteiger charge is -2.13. The Kier molecular flexibility index (Phi) is 7.01. The topological polar surface area (TPSA) is 55.7 Å². The first-order chi connectivity index (χ1) is 15.4. The Bertz CT molecular complexity index is 1150. The highest BCUT2D eigenvalue weighted by molar-refractivity contribution is 6.31. The minimum Gasteiger partial charge on any atom is -0.292 e. The summed E-state index contributed by atoms with van der Waals surface area (Å²) < 4.78 is 91.5. The Morgan fingerprint density at radius 1 is 0.909 bits per heavy atom. The minimum atomic E-state index is -4.89. The van der Waals surface area contributed by atoms with Gasteiger partial charge in [-0.1, -0.05) is 29.8 Å². The van der Waals surface area contributed by atoms with Gasteiger partial charge >= 0.3 is 12.4 Å². The lowest BCUT2D eigenvalue weighted by molar-refractivity contribution is -0.142. The van der Waals surface area contributed by atoms with Crippen molar-refractivity contribution in [3.05, 3.63) is 76.6 Å². The maximum absolute atomic E-state index is 14.7. The van der Waals surface area contributed by atoms with E-state index in [0.717, 1.165) is 24.7 Å². The molecular formula is C21H13ClF7N3O. The highest BCUT2D eigenvalue weighted by atomic mass is 35.5. The van der Waals surface area contributed by atoms with Crippen molar-refractivity contribution in [3.8, 4) is 11.1 Å². The number of halogens is 8. The fourth-order valence-corrected chi connectivity index (χ4v) is 3.27. The van der Waals surface area contributed by atoms with E-state index >= 15 is 0 Å². The third kappa shape index (κ3) is 5.84. The number of nitrogens with zero attached hydrogens (tertiary/aromatic N) is 3. The van der Waals surface area contributed by atoms with Gasteiger partial charge in [-0.15, -0.1) is 0 Å². The third-order valence-corrected chi connectivity index (χ3v) is 4.91. The van der Waals surface area contributed by atoms with Crippen LogP contribution in [-0.4, -0.2) is 20.7 Å². The zero-order valence-electron chi connectivity index (χ0n) is 16.4. The molecule has 0 amide bonds. The monoisotopic (exact) mass is 491 g/mol. The van der Waals surface area contributed by atoms with Gasteiger partial charge in [0.05, 0.1) is 0 Å². The molecule has 0 bridgehead atoms. The number of pyridine rings is 1. The molecule has 12 heteroatoms. The molecule has 0 aliphatic rings. The third-order valence-electron chi connectivity index (χ3n) is 4.58. The quantitative estimate of drug-likeness (QED) is 0.278. The standard InChI is InChI=1S/C21H13ClF7N3O/c22-14-9-11(12-2-6-17(32-10-12)20(24,25)26)1-3-13(14)15(23)4-5-16(33)18-19(21(27,28)29)31-8-7-30-18/h1-3,6-10,15H,4-5H2. The van der Waals surface area contributed by atoms with E-state index in [-0.39, 0.29) is 10.6 Å². The molecule has 2 heterocycles. The summed E-state index contributed by atoms with van der Waals surface area (Å²) in [5.74, 6) is -1.03. The Labute approximate surface area is 187 Å². The van der Waals surface area contributed by atoms with E-state index in [1.54, 1.807) is 0 Å². The summed E-state index contributed by atoms with van der Waals surface area (Å²) in [6, 6.07) is 5.99. The van der Waals surface area contributed by atoms with Crippen LogP contribution in [-0.2, 0) is 12.4 Å². The van der Waals surface area contributed by atoms with Gasteiger partial charge < -0.3 is 0 Å². The summed E-state index contributed by atoms with van der Waals surface area (Å²) in [6.45, 7) is 0. The smallest absolute Gasteiger partial charge is 0.292 e. The number of carbonyl (C=O) groups is 1. The molecule has 0 N–H and O–H groups in total. The zero-order chi connectivity index (χ0) is 24.4. The first-order valence-electron chi connectivity index (χ1n) is 9.26. The lowest BCUT2D eigenvalue weighted by Crippen LogP contribution is -2.17. The number of benzene rings is 1. The van der Waals surface area contributed by atoms with E-state index in [0.29, 0.717) is 11.1 Å². The molecule has 0 aliphatic carbocycles. The average Bonchev–Trinajstić information content (AvgIpc) is 2.76. The predicted molar refractivity (Wildman–Crippen MR) is 104 cm³/mol. The van der Waals surface area contributed by atoms with Crippen LogP contribution in [0.1, 0.15) is 46.5 Å². The van der Waals surface area contributed by atoms with Gasteiger partial charge in [0, 0.05) is 41.2 Å². The van der Waals surface area contributed by atoms with Crippen LogP contribution in [0.5, 0.6) is 0 Å². The summed E-state index contributed by atoms with van der Waals surface area (Å²) >= 11 is 6.10. The van der Waals surface area contributed by atoms with Crippen molar-refractivity contribution in [2.75, 3.05) is 0 Å². The normalized spacial score (nSPS) is 13.1. The second kappa shape index (κ2) is 9.42. The summed E-state index contributed by atoms with van der Waals surface area (Å²) in [6.07, 6.45) is -9.58. The number of hydrogen-bond acceptors (Lipinski definition) is 4. The van der Waals surface area contributed by atoms with Crippen LogP contribution in [0.4, 0.5) is 30.7 Å². The highest BCUT2D eigenvalue weighted by Crippen LogP contribution is 2.35. The van der Waals surface area contributed by atoms with E-state index < -0.39 is 54.2 Å². The molecule has 0 radical (unpaired) electrons. The maximum atomic E-state index is 14.7. The number of Topliss-reactive ketones (excluding diaryl/α,β-unsaturated/α-hetero) is 1. The van der Waals surface area contributed by atoms with Gasteiger partial charge in [0.2, 0.25) is 0 Å². The predicted octanol–water partition coefficient (Wildman–Crippen LogP) is 6.90.